The van der Waals surface area contributed by atoms with Crippen LogP contribution in [0.1, 0.15) is 18.6 Å². The van der Waals surface area contributed by atoms with Crippen molar-refractivity contribution in [3.63, 3.8) is 0 Å². The first kappa shape index (κ1) is 31.5. The van der Waals surface area contributed by atoms with Gasteiger partial charge in [0.25, 0.3) is 0 Å². The number of nitrogens with zero attached hydrogens (tertiary/aromatic N) is 5. The van der Waals surface area contributed by atoms with Crippen molar-refractivity contribution in [1.29, 1.82) is 0 Å². The molecular formula is C27H28IN5O7S2. The van der Waals surface area contributed by atoms with Crippen LogP contribution in [-0.4, -0.2) is 77.3 Å². The van der Waals surface area contributed by atoms with Crippen molar-refractivity contribution in [2.75, 3.05) is 37.9 Å². The lowest BCUT2D eigenvalue weighted by atomic mass is 10.1. The smallest absolute Gasteiger partial charge is 0.246 e. The third kappa shape index (κ3) is 6.16. The maximum absolute atomic E-state index is 14.3. The van der Waals surface area contributed by atoms with Crippen LogP contribution in [0.4, 0.5) is 5.95 Å². The second kappa shape index (κ2) is 13.7. The van der Waals surface area contributed by atoms with E-state index in [-0.39, 0.29) is 47.1 Å². The van der Waals surface area contributed by atoms with Crippen LogP contribution in [0.25, 0.3) is 17.2 Å². The van der Waals surface area contributed by atoms with Crippen molar-refractivity contribution in [2.45, 2.75) is 18.3 Å². The first-order chi connectivity index (χ1) is 20.2. The van der Waals surface area contributed by atoms with Gasteiger partial charge in [0.2, 0.25) is 21.9 Å². The number of anilines is 1. The maximum atomic E-state index is 14.3. The lowest BCUT2D eigenvalue weighted by molar-refractivity contribution is 0.171. The predicted molar refractivity (Wildman–Crippen MR) is 167 cm³/mol. The molecule has 4 aromatic rings. The van der Waals surface area contributed by atoms with Gasteiger partial charge in [0, 0.05) is 17.9 Å². The molecule has 12 nitrogen and oxygen atoms in total. The van der Waals surface area contributed by atoms with Crippen LogP contribution < -0.4 is 18.5 Å². The van der Waals surface area contributed by atoms with Gasteiger partial charge in [0.15, 0.2) is 11.5 Å². The monoisotopic (exact) mass is 725 g/mol. The number of aliphatic hydroxyl groups is 1. The molecule has 2 N–H and O–H groups in total. The lowest BCUT2D eigenvalue weighted by Crippen LogP contribution is -2.43. The third-order valence-corrected chi connectivity index (χ3v) is 10.2. The number of aromatic hydroxyl groups is 1. The Morgan fingerprint density at radius 1 is 1.07 bits per heavy atom. The van der Waals surface area contributed by atoms with E-state index in [1.165, 1.54) is 53.9 Å². The summed E-state index contributed by atoms with van der Waals surface area (Å²) >= 11 is 2.07. The third-order valence-electron chi connectivity index (χ3n) is 6.37. The van der Waals surface area contributed by atoms with E-state index in [1.54, 1.807) is 36.4 Å². The number of aromatic nitrogens is 4. The van der Waals surface area contributed by atoms with Crippen LogP contribution in [0.3, 0.4) is 0 Å². The topological polar surface area (TPSA) is 149 Å². The van der Waals surface area contributed by atoms with E-state index in [0.29, 0.717) is 17.1 Å². The zero-order valence-electron chi connectivity index (χ0n) is 23.1. The highest BCUT2D eigenvalue weighted by Crippen LogP contribution is 2.39. The number of methoxy groups -OCH3 is 3. The van der Waals surface area contributed by atoms with Gasteiger partial charge in [0.05, 0.1) is 27.4 Å². The molecule has 0 aliphatic heterocycles. The number of rotatable bonds is 13. The number of ether oxygens (including phenoxy) is 3. The van der Waals surface area contributed by atoms with Crippen molar-refractivity contribution < 1.29 is 32.8 Å². The molecule has 0 unspecified atom stereocenters. The highest BCUT2D eigenvalue weighted by atomic mass is 127. The van der Waals surface area contributed by atoms with Crippen molar-refractivity contribution in [3.05, 3.63) is 66.2 Å². The SMILES string of the molecule is COc1cc#cc(-c2nnc(N(CCSI)S(=O)(=O)[C@H](C)[C@H](O)c3ccccc3OC)n2-c2c(O)cccc2OC)n1. The van der Waals surface area contributed by atoms with Gasteiger partial charge in [-0.05, 0) is 52.4 Å². The summed E-state index contributed by atoms with van der Waals surface area (Å²) in [5, 5.41) is 29.5. The number of benzene rings is 2. The van der Waals surface area contributed by atoms with E-state index in [1.807, 2.05) is 0 Å². The summed E-state index contributed by atoms with van der Waals surface area (Å²) in [6.45, 7) is 1.37. The van der Waals surface area contributed by atoms with Crippen molar-refractivity contribution in [1.82, 2.24) is 19.7 Å². The number of sulfonamides is 1. The van der Waals surface area contributed by atoms with E-state index in [2.05, 4.69) is 48.5 Å². The van der Waals surface area contributed by atoms with Crippen LogP contribution in [0.2, 0.25) is 0 Å². The highest BCUT2D eigenvalue weighted by molar-refractivity contribution is 14.2. The molecule has 222 valence electrons. The van der Waals surface area contributed by atoms with Crippen molar-refractivity contribution >= 4 is 46.1 Å². The maximum Gasteiger partial charge on any atom is 0.246 e. The fourth-order valence-corrected chi connectivity index (χ4v) is 6.75. The molecule has 0 saturated carbocycles. The highest BCUT2D eigenvalue weighted by Gasteiger charge is 2.39. The first-order valence-electron chi connectivity index (χ1n) is 12.4. The van der Waals surface area contributed by atoms with Gasteiger partial charge in [-0.2, -0.15) is 0 Å². The summed E-state index contributed by atoms with van der Waals surface area (Å²) in [6, 6.07) is 18.4. The molecule has 0 amide bonds. The summed E-state index contributed by atoms with van der Waals surface area (Å²) in [4.78, 5) is 4.37. The zero-order valence-corrected chi connectivity index (χ0v) is 26.8. The standard InChI is InChI=1S/C27H28IN5O7S2/c1-17(25(35)18-9-5-6-12-21(18)38-2)42(36,37)32(15-16-41-28)27-31-30-26(19-10-7-14-23(29-19)40-4)33(27)24-20(34)11-8-13-22(24)39-3/h5-6,8-9,11-14,17,25,34-35H,15-16H2,1-4H3/t17-,25+/m1/s1. The average Bonchev–Trinajstić information content (AvgIpc) is 3.44. The Balaban J connectivity index is 1.95. The Labute approximate surface area is 260 Å². The fraction of sp³-hybridized carbons (Fsp3) is 0.296. The van der Waals surface area contributed by atoms with E-state index < -0.39 is 21.4 Å². The summed E-state index contributed by atoms with van der Waals surface area (Å²) in [6.07, 6.45) is -1.45. The number of aliphatic hydroxyl groups excluding tert-OH is 1. The molecule has 2 heterocycles. The summed E-state index contributed by atoms with van der Waals surface area (Å²) in [5.74, 6) is 0.796. The number of phenolic OH excluding ortho intramolecular Hbond substituents is 1. The van der Waals surface area contributed by atoms with Crippen LogP contribution in [0.5, 0.6) is 23.1 Å². The molecular weight excluding hydrogens is 697 g/mol. The second-order valence-electron chi connectivity index (χ2n) is 8.73. The average molecular weight is 726 g/mol. The van der Waals surface area contributed by atoms with Gasteiger partial charge in [-0.15, -0.1) is 10.2 Å². The Hall–Kier alpha value is -3.46. The molecule has 2 aromatic heterocycles. The molecule has 0 spiro atoms. The number of hydrogen-bond donors (Lipinski definition) is 2. The quantitative estimate of drug-likeness (QED) is 0.193. The Bertz CT molecular complexity index is 1640. The van der Waals surface area contributed by atoms with Gasteiger partial charge < -0.3 is 24.4 Å². The molecule has 0 fully saturated rings. The molecule has 42 heavy (non-hydrogen) atoms. The number of halogens is 1. The predicted octanol–water partition coefficient (Wildman–Crippen LogP) is 4.00. The van der Waals surface area contributed by atoms with Crippen molar-refractivity contribution in [3.8, 4) is 40.3 Å². The second-order valence-corrected chi connectivity index (χ2v) is 13.4. The Morgan fingerprint density at radius 3 is 2.48 bits per heavy atom. The number of para-hydroxylation sites is 2. The largest absolute Gasteiger partial charge is 0.506 e. The van der Waals surface area contributed by atoms with Gasteiger partial charge in [-0.3, -0.25) is 4.57 Å². The van der Waals surface area contributed by atoms with E-state index in [9.17, 15) is 18.6 Å². The lowest BCUT2D eigenvalue weighted by Gasteiger charge is -2.29. The van der Waals surface area contributed by atoms with Gasteiger partial charge in [0.1, 0.15) is 34.3 Å². The van der Waals surface area contributed by atoms with E-state index in [0.717, 1.165) is 4.31 Å². The van der Waals surface area contributed by atoms with E-state index >= 15 is 0 Å². The van der Waals surface area contributed by atoms with Crippen LogP contribution in [-0.2, 0) is 10.0 Å². The molecule has 15 heteroatoms. The fourth-order valence-electron chi connectivity index (χ4n) is 4.23. The van der Waals surface area contributed by atoms with Crippen LogP contribution in [0.15, 0.2) is 48.5 Å². The number of hydrogen-bond acceptors (Lipinski definition) is 11. The minimum atomic E-state index is -4.34. The van der Waals surface area contributed by atoms with Crippen LogP contribution >= 0.6 is 30.1 Å². The van der Waals surface area contributed by atoms with Crippen molar-refractivity contribution in [2.24, 2.45) is 0 Å². The molecule has 0 aliphatic rings. The van der Waals surface area contributed by atoms with Gasteiger partial charge in [-0.25, -0.2) is 17.7 Å². The van der Waals surface area contributed by atoms with Gasteiger partial charge >= 0.3 is 0 Å². The Morgan fingerprint density at radius 2 is 1.79 bits per heavy atom. The molecule has 0 radical (unpaired) electrons. The van der Waals surface area contributed by atoms with Gasteiger partial charge in [-0.1, -0.05) is 39.3 Å². The molecule has 0 saturated heterocycles. The normalized spacial score (nSPS) is 12.7. The number of phenols is 1. The van der Waals surface area contributed by atoms with Crippen LogP contribution in [0, 0.1) is 12.1 Å². The molecule has 0 aliphatic carbocycles. The summed E-state index contributed by atoms with van der Waals surface area (Å²) in [7, 11) is 1.35. The zero-order chi connectivity index (χ0) is 30.4. The molecule has 0 bridgehead atoms. The summed E-state index contributed by atoms with van der Waals surface area (Å²) in [5.41, 5.74) is 0.518. The molecule has 4 rings (SSSR count). The van der Waals surface area contributed by atoms with E-state index in [4.69, 9.17) is 14.2 Å². The molecule has 2 aromatic carbocycles. The first-order valence-corrected chi connectivity index (χ1v) is 17.4. The minimum Gasteiger partial charge on any atom is -0.506 e. The molecule has 2 atom stereocenters. The minimum absolute atomic E-state index is 0.0334. The Kier molecular flexibility index (Phi) is 10.2. The summed E-state index contributed by atoms with van der Waals surface area (Å²) < 4.78 is 47.1.